The van der Waals surface area contributed by atoms with Crippen LogP contribution < -0.4 is 15.6 Å². The number of benzene rings is 5. The number of rotatable bonds is 7. The molecule has 0 bridgehead atoms. The van der Waals surface area contributed by atoms with Crippen molar-refractivity contribution >= 4 is 50.5 Å². The molecule has 0 radical (unpaired) electrons. The number of amides is 1. The number of fused-ring (bicyclic) bond motifs is 3. The number of carbonyl (C=O) groups excluding carboxylic acids is 1. The molecule has 8 heteroatoms. The zero-order chi connectivity index (χ0) is 29.2. The first kappa shape index (κ1) is 25.9. The Kier molecular flexibility index (Phi) is 6.69. The first-order valence-corrected chi connectivity index (χ1v) is 13.7. The van der Waals surface area contributed by atoms with Crippen molar-refractivity contribution in [3.8, 4) is 17.3 Å². The summed E-state index contributed by atoms with van der Waals surface area (Å²) in [5.41, 5.74) is 2.16. The third-order valence-electron chi connectivity index (χ3n) is 7.05. The van der Waals surface area contributed by atoms with Gasteiger partial charge in [-0.2, -0.15) is 9.78 Å². The van der Waals surface area contributed by atoms with Gasteiger partial charge in [0.2, 0.25) is 5.82 Å². The predicted molar refractivity (Wildman–Crippen MR) is 169 cm³/mol. The van der Waals surface area contributed by atoms with Crippen LogP contribution in [0.25, 0.3) is 44.2 Å². The second-order valence-electron chi connectivity index (χ2n) is 9.86. The molecule has 0 unspecified atom stereocenters. The van der Waals surface area contributed by atoms with E-state index in [1.807, 2.05) is 84.9 Å². The number of nitrogens with one attached hydrogen (secondary N) is 1. The summed E-state index contributed by atoms with van der Waals surface area (Å²) < 4.78 is 13.3. The molecule has 2 heterocycles. The Hall–Kier alpha value is -6.02. The van der Waals surface area contributed by atoms with Crippen LogP contribution in [0.5, 0.6) is 5.75 Å². The molecule has 7 rings (SSSR count). The summed E-state index contributed by atoms with van der Waals surface area (Å²) >= 11 is 0. The first-order valence-electron chi connectivity index (χ1n) is 13.7. The zero-order valence-corrected chi connectivity index (χ0v) is 22.8. The van der Waals surface area contributed by atoms with Gasteiger partial charge in [0.1, 0.15) is 11.3 Å². The highest BCUT2D eigenvalue weighted by Gasteiger charge is 2.17. The Balaban J connectivity index is 1.31. The summed E-state index contributed by atoms with van der Waals surface area (Å²) in [6.45, 7) is -0.213. The van der Waals surface area contributed by atoms with Crippen molar-refractivity contribution in [1.29, 1.82) is 0 Å². The number of hydrogen-bond donors (Lipinski definition) is 1. The molecule has 0 aliphatic rings. The van der Waals surface area contributed by atoms with Gasteiger partial charge in [-0.3, -0.25) is 9.59 Å². The van der Waals surface area contributed by atoms with Crippen LogP contribution in [-0.4, -0.2) is 28.4 Å². The van der Waals surface area contributed by atoms with Gasteiger partial charge in [-0.1, -0.05) is 78.9 Å². The molecule has 0 spiro atoms. The second-order valence-corrected chi connectivity index (χ2v) is 9.86. The van der Waals surface area contributed by atoms with Gasteiger partial charge in [-0.05, 0) is 53.2 Å². The smallest absolute Gasteiger partial charge is 0.282 e. The van der Waals surface area contributed by atoms with Crippen LogP contribution in [0.2, 0.25) is 0 Å². The molecule has 1 amide bonds. The molecule has 0 atom stereocenters. The fourth-order valence-corrected chi connectivity index (χ4v) is 4.99. The van der Waals surface area contributed by atoms with Crippen LogP contribution in [0.3, 0.4) is 0 Å². The molecule has 0 saturated carbocycles. The van der Waals surface area contributed by atoms with E-state index in [-0.39, 0.29) is 23.9 Å². The topological polar surface area (TPSA) is 98.7 Å². The van der Waals surface area contributed by atoms with Crippen LogP contribution in [0.1, 0.15) is 5.56 Å². The average molecular weight is 565 g/mol. The van der Waals surface area contributed by atoms with E-state index in [9.17, 15) is 9.59 Å². The van der Waals surface area contributed by atoms with Crippen molar-refractivity contribution in [3.63, 3.8) is 0 Å². The first-order chi connectivity index (χ1) is 21.1. The normalized spacial score (nSPS) is 11.4. The summed E-state index contributed by atoms with van der Waals surface area (Å²) in [4.78, 5) is 31.2. The lowest BCUT2D eigenvalue weighted by Crippen LogP contribution is -2.21. The third kappa shape index (κ3) is 5.13. The molecule has 5 aromatic carbocycles. The van der Waals surface area contributed by atoms with Crippen molar-refractivity contribution in [2.24, 2.45) is 5.10 Å². The number of anilines is 1. The number of ether oxygens (including phenoxy) is 1. The molecular weight excluding hydrogens is 540 g/mol. The Labute approximate surface area is 245 Å². The van der Waals surface area contributed by atoms with Crippen LogP contribution in [0.4, 0.5) is 5.69 Å². The quantitative estimate of drug-likeness (QED) is 0.213. The van der Waals surface area contributed by atoms with Gasteiger partial charge in [0, 0.05) is 16.6 Å². The minimum absolute atomic E-state index is 0.213. The molecule has 208 valence electrons. The van der Waals surface area contributed by atoms with E-state index in [4.69, 9.17) is 14.1 Å². The van der Waals surface area contributed by atoms with E-state index in [2.05, 4.69) is 10.4 Å². The highest BCUT2D eigenvalue weighted by atomic mass is 16.5. The molecule has 1 N–H and O–H groups in total. The summed E-state index contributed by atoms with van der Waals surface area (Å²) in [5, 5.41) is 10.6. The van der Waals surface area contributed by atoms with Crippen molar-refractivity contribution < 1.29 is 13.9 Å². The van der Waals surface area contributed by atoms with E-state index < -0.39 is 0 Å². The fraction of sp³-hybridized carbons (Fsp3) is 0.0286. The van der Waals surface area contributed by atoms with E-state index >= 15 is 0 Å². The lowest BCUT2D eigenvalue weighted by Gasteiger charge is -2.12. The van der Waals surface area contributed by atoms with Gasteiger partial charge in [0.05, 0.1) is 17.1 Å². The van der Waals surface area contributed by atoms with E-state index in [1.54, 1.807) is 42.6 Å². The molecule has 0 fully saturated rings. The Morgan fingerprint density at radius 1 is 0.837 bits per heavy atom. The molecular formula is C35H24N4O4. The molecule has 8 nitrogen and oxygen atoms in total. The fourth-order valence-electron chi connectivity index (χ4n) is 4.99. The van der Waals surface area contributed by atoms with Crippen molar-refractivity contribution in [3.05, 3.63) is 137 Å². The highest BCUT2D eigenvalue weighted by Crippen LogP contribution is 2.29. The maximum atomic E-state index is 13.8. The SMILES string of the molecule is O=C(COc1ccc2ccccc2c1C=Nn1c(-c2cc3ccccc3o2)nc2ccccc2c1=O)Nc1ccccc1. The van der Waals surface area contributed by atoms with E-state index in [0.717, 1.165) is 16.2 Å². The molecule has 43 heavy (non-hydrogen) atoms. The largest absolute Gasteiger partial charge is 0.483 e. The van der Waals surface area contributed by atoms with Crippen molar-refractivity contribution in [1.82, 2.24) is 9.66 Å². The third-order valence-corrected chi connectivity index (χ3v) is 7.05. The molecule has 0 saturated heterocycles. The Morgan fingerprint density at radius 2 is 1.56 bits per heavy atom. The van der Waals surface area contributed by atoms with Crippen LogP contribution in [0, 0.1) is 0 Å². The van der Waals surface area contributed by atoms with Crippen LogP contribution in [0.15, 0.2) is 136 Å². The number of aromatic nitrogens is 2. The maximum Gasteiger partial charge on any atom is 0.282 e. The maximum absolute atomic E-state index is 13.8. The van der Waals surface area contributed by atoms with Gasteiger partial charge in [0.25, 0.3) is 11.5 Å². The molecule has 7 aromatic rings. The number of furan rings is 1. The average Bonchev–Trinajstić information content (AvgIpc) is 3.48. The van der Waals surface area contributed by atoms with Crippen molar-refractivity contribution in [2.45, 2.75) is 0 Å². The minimum Gasteiger partial charge on any atom is -0.483 e. The number of carbonyl (C=O) groups is 1. The second kappa shape index (κ2) is 11.1. The summed E-state index contributed by atoms with van der Waals surface area (Å²) in [6, 6.07) is 37.2. The zero-order valence-electron chi connectivity index (χ0n) is 22.8. The standard InChI is InChI=1S/C35H24N4O4/c40-33(37-25-12-2-1-3-13-25)22-42-31-19-18-23-10-4-6-14-26(23)28(31)21-36-39-34(32-20-24-11-5-9-17-30(24)43-32)38-29-16-8-7-15-27(29)35(39)41/h1-21H,22H2,(H,37,40). The number of para-hydroxylation sites is 3. The van der Waals surface area contributed by atoms with Gasteiger partial charge in [0.15, 0.2) is 12.4 Å². The van der Waals surface area contributed by atoms with Crippen LogP contribution >= 0.6 is 0 Å². The van der Waals surface area contributed by atoms with Crippen LogP contribution in [-0.2, 0) is 4.79 Å². The Bertz CT molecular complexity index is 2180. The monoisotopic (exact) mass is 564 g/mol. The van der Waals surface area contributed by atoms with Crippen molar-refractivity contribution in [2.75, 3.05) is 11.9 Å². The Morgan fingerprint density at radius 3 is 2.40 bits per heavy atom. The summed E-state index contributed by atoms with van der Waals surface area (Å²) in [7, 11) is 0. The number of nitrogens with zero attached hydrogens (tertiary/aromatic N) is 3. The molecule has 0 aliphatic heterocycles. The van der Waals surface area contributed by atoms with E-state index in [0.29, 0.717) is 39.2 Å². The van der Waals surface area contributed by atoms with Gasteiger partial charge >= 0.3 is 0 Å². The lowest BCUT2D eigenvalue weighted by molar-refractivity contribution is -0.118. The molecule has 0 aliphatic carbocycles. The van der Waals surface area contributed by atoms with Gasteiger partial charge in [-0.15, -0.1) is 0 Å². The highest BCUT2D eigenvalue weighted by molar-refractivity contribution is 6.03. The molecule has 2 aromatic heterocycles. The number of hydrogen-bond acceptors (Lipinski definition) is 6. The minimum atomic E-state index is -0.345. The van der Waals surface area contributed by atoms with Gasteiger partial charge < -0.3 is 14.5 Å². The van der Waals surface area contributed by atoms with Gasteiger partial charge in [-0.25, -0.2) is 4.98 Å². The van der Waals surface area contributed by atoms with E-state index in [1.165, 1.54) is 4.68 Å². The summed E-state index contributed by atoms with van der Waals surface area (Å²) in [5.74, 6) is 0.816. The summed E-state index contributed by atoms with van der Waals surface area (Å²) in [6.07, 6.45) is 1.57. The lowest BCUT2D eigenvalue weighted by atomic mass is 10.0. The predicted octanol–water partition coefficient (Wildman–Crippen LogP) is 6.86.